The Morgan fingerprint density at radius 1 is 1.69 bits per heavy atom. The molecule has 72 valence electrons. The lowest BCUT2D eigenvalue weighted by molar-refractivity contribution is -0.136. The third-order valence-electron chi connectivity index (χ3n) is 1.87. The van der Waals surface area contributed by atoms with E-state index in [0.29, 0.717) is 12.3 Å². The minimum Gasteiger partial charge on any atom is -0.481 e. The Kier molecular flexibility index (Phi) is 3.06. The molecule has 0 unspecified atom stereocenters. The molecule has 0 aliphatic rings. The van der Waals surface area contributed by atoms with Gasteiger partial charge < -0.3 is 9.63 Å². The summed E-state index contributed by atoms with van der Waals surface area (Å²) < 4.78 is 4.80. The van der Waals surface area contributed by atoms with Gasteiger partial charge in [0.25, 0.3) is 0 Å². The summed E-state index contributed by atoms with van der Waals surface area (Å²) >= 11 is 0. The Labute approximate surface area is 76.5 Å². The highest BCUT2D eigenvalue weighted by atomic mass is 16.5. The van der Waals surface area contributed by atoms with E-state index in [1.165, 1.54) is 0 Å². The van der Waals surface area contributed by atoms with Crippen molar-refractivity contribution < 1.29 is 14.4 Å². The Bertz CT molecular complexity index is 291. The molecule has 0 saturated carbocycles. The molecular weight excluding hydrogens is 170 g/mol. The normalized spacial score (nSPS) is 10.7. The molecule has 1 heterocycles. The smallest absolute Gasteiger partial charge is 0.303 e. The van der Waals surface area contributed by atoms with E-state index >= 15 is 0 Å². The van der Waals surface area contributed by atoms with Crippen LogP contribution in [0.5, 0.6) is 0 Å². The van der Waals surface area contributed by atoms with Crippen molar-refractivity contribution in [1.29, 1.82) is 0 Å². The minimum absolute atomic E-state index is 0.103. The Balaban J connectivity index is 2.65. The number of carboxylic acids is 1. The first-order valence-electron chi connectivity index (χ1n) is 4.26. The van der Waals surface area contributed by atoms with Crippen molar-refractivity contribution in [3.05, 3.63) is 17.5 Å². The molecule has 1 aromatic heterocycles. The monoisotopic (exact) mass is 183 g/mol. The van der Waals surface area contributed by atoms with Crippen LogP contribution in [0.4, 0.5) is 0 Å². The van der Waals surface area contributed by atoms with Crippen LogP contribution >= 0.6 is 0 Å². The Morgan fingerprint density at radius 2 is 2.38 bits per heavy atom. The first kappa shape index (κ1) is 9.77. The summed E-state index contributed by atoms with van der Waals surface area (Å²) in [6.45, 7) is 4.05. The number of aryl methyl sites for hydroxylation is 1. The molecule has 1 N–H and O–H groups in total. The second-order valence-electron chi connectivity index (χ2n) is 3.27. The van der Waals surface area contributed by atoms with E-state index in [-0.39, 0.29) is 6.42 Å². The van der Waals surface area contributed by atoms with Crippen LogP contribution in [0.2, 0.25) is 0 Å². The first-order valence-corrected chi connectivity index (χ1v) is 4.26. The summed E-state index contributed by atoms with van der Waals surface area (Å²) in [4.78, 5) is 10.3. The number of rotatable bonds is 4. The van der Waals surface area contributed by atoms with Gasteiger partial charge in [0.2, 0.25) is 0 Å². The zero-order valence-corrected chi connectivity index (χ0v) is 7.78. The highest BCUT2D eigenvalue weighted by Crippen LogP contribution is 2.19. The Hall–Kier alpha value is -1.32. The molecule has 1 aromatic rings. The zero-order valence-electron chi connectivity index (χ0n) is 7.78. The lowest BCUT2D eigenvalue weighted by Gasteiger charge is -2.01. The van der Waals surface area contributed by atoms with Gasteiger partial charge in [-0.2, -0.15) is 0 Å². The fourth-order valence-corrected chi connectivity index (χ4v) is 1.15. The molecule has 0 amide bonds. The van der Waals surface area contributed by atoms with Crippen LogP contribution in [0.15, 0.2) is 10.8 Å². The van der Waals surface area contributed by atoms with Crippen molar-refractivity contribution in [2.24, 2.45) is 0 Å². The van der Waals surface area contributed by atoms with Crippen LogP contribution in [0.3, 0.4) is 0 Å². The Morgan fingerprint density at radius 3 is 2.92 bits per heavy atom. The van der Waals surface area contributed by atoms with Crippen molar-refractivity contribution in [3.8, 4) is 0 Å². The summed E-state index contributed by atoms with van der Waals surface area (Å²) in [5.74, 6) is -0.479. The van der Waals surface area contributed by atoms with Gasteiger partial charge in [-0.05, 0) is 5.92 Å². The lowest BCUT2D eigenvalue weighted by Crippen LogP contribution is -2.00. The second-order valence-corrected chi connectivity index (χ2v) is 3.27. The van der Waals surface area contributed by atoms with Gasteiger partial charge in [-0.1, -0.05) is 19.0 Å². The number of aromatic nitrogens is 1. The van der Waals surface area contributed by atoms with Gasteiger partial charge in [0.15, 0.2) is 0 Å². The molecule has 0 aliphatic carbocycles. The number of hydrogen-bond acceptors (Lipinski definition) is 3. The van der Waals surface area contributed by atoms with E-state index in [9.17, 15) is 4.79 Å². The zero-order chi connectivity index (χ0) is 9.84. The minimum atomic E-state index is -0.808. The van der Waals surface area contributed by atoms with Crippen molar-refractivity contribution in [2.75, 3.05) is 0 Å². The van der Waals surface area contributed by atoms with Gasteiger partial charge in [0, 0.05) is 12.0 Å². The topological polar surface area (TPSA) is 63.3 Å². The van der Waals surface area contributed by atoms with Gasteiger partial charge in [-0.25, -0.2) is 0 Å². The summed E-state index contributed by atoms with van der Waals surface area (Å²) in [6, 6.07) is 0. The molecule has 13 heavy (non-hydrogen) atoms. The second kappa shape index (κ2) is 4.07. The van der Waals surface area contributed by atoms with E-state index in [2.05, 4.69) is 5.16 Å². The number of carbonyl (C=O) groups is 1. The molecule has 4 nitrogen and oxygen atoms in total. The maximum Gasteiger partial charge on any atom is 0.303 e. The molecule has 1 rings (SSSR count). The summed E-state index contributed by atoms with van der Waals surface area (Å²) in [5, 5.41) is 12.3. The number of carboxylic acid groups (broad SMARTS) is 1. The van der Waals surface area contributed by atoms with Crippen LogP contribution < -0.4 is 0 Å². The van der Waals surface area contributed by atoms with Crippen LogP contribution in [0.25, 0.3) is 0 Å². The van der Waals surface area contributed by atoms with Crippen molar-refractivity contribution in [3.63, 3.8) is 0 Å². The average Bonchev–Trinajstić information content (AvgIpc) is 2.47. The van der Waals surface area contributed by atoms with E-state index in [4.69, 9.17) is 9.63 Å². The third kappa shape index (κ3) is 2.57. The van der Waals surface area contributed by atoms with Gasteiger partial charge >= 0.3 is 5.97 Å². The van der Waals surface area contributed by atoms with Crippen molar-refractivity contribution in [1.82, 2.24) is 5.16 Å². The van der Waals surface area contributed by atoms with Crippen LogP contribution in [-0.4, -0.2) is 16.2 Å². The predicted molar refractivity (Wildman–Crippen MR) is 46.5 cm³/mol. The third-order valence-corrected chi connectivity index (χ3v) is 1.87. The molecule has 0 aliphatic heterocycles. The largest absolute Gasteiger partial charge is 0.481 e. The highest BCUT2D eigenvalue weighted by molar-refractivity contribution is 5.67. The molecule has 0 fully saturated rings. The molecule has 4 heteroatoms. The molecule has 0 spiro atoms. The van der Waals surface area contributed by atoms with Gasteiger partial charge in [-0.15, -0.1) is 0 Å². The molecule has 0 bridgehead atoms. The number of nitrogens with zero attached hydrogens (tertiary/aromatic N) is 1. The van der Waals surface area contributed by atoms with Crippen LogP contribution in [-0.2, 0) is 11.2 Å². The molecule has 0 saturated heterocycles. The van der Waals surface area contributed by atoms with Gasteiger partial charge in [0.05, 0.1) is 12.1 Å². The van der Waals surface area contributed by atoms with E-state index in [1.807, 2.05) is 13.8 Å². The predicted octanol–water partition coefficient (Wildman–Crippen LogP) is 1.82. The standard InChI is InChI=1S/C9H13NO3/c1-6(2)7-5-13-10-8(7)3-4-9(11)12/h5-6H,3-4H2,1-2H3,(H,11,12). The molecule has 0 radical (unpaired) electrons. The lowest BCUT2D eigenvalue weighted by atomic mass is 10.0. The van der Waals surface area contributed by atoms with Crippen molar-refractivity contribution in [2.45, 2.75) is 32.6 Å². The number of aliphatic carboxylic acids is 1. The number of hydrogen-bond donors (Lipinski definition) is 1. The van der Waals surface area contributed by atoms with Crippen LogP contribution in [0.1, 0.15) is 37.4 Å². The fourth-order valence-electron chi connectivity index (χ4n) is 1.15. The maximum atomic E-state index is 10.3. The van der Waals surface area contributed by atoms with Gasteiger partial charge in [0.1, 0.15) is 6.26 Å². The van der Waals surface area contributed by atoms with E-state index < -0.39 is 5.97 Å². The fraction of sp³-hybridized carbons (Fsp3) is 0.556. The van der Waals surface area contributed by atoms with Crippen molar-refractivity contribution >= 4 is 5.97 Å². The summed E-state index contributed by atoms with van der Waals surface area (Å²) in [7, 11) is 0. The van der Waals surface area contributed by atoms with Crippen LogP contribution in [0, 0.1) is 0 Å². The molecular formula is C9H13NO3. The van der Waals surface area contributed by atoms with E-state index in [1.54, 1.807) is 6.26 Å². The summed E-state index contributed by atoms with van der Waals surface area (Å²) in [5.41, 5.74) is 1.76. The first-order chi connectivity index (χ1) is 6.11. The average molecular weight is 183 g/mol. The van der Waals surface area contributed by atoms with E-state index in [0.717, 1.165) is 11.3 Å². The molecule has 0 atom stereocenters. The molecule has 0 aromatic carbocycles. The summed E-state index contributed by atoms with van der Waals surface area (Å²) in [6.07, 6.45) is 2.13. The maximum absolute atomic E-state index is 10.3. The SMILES string of the molecule is CC(C)c1conc1CCC(=O)O. The van der Waals surface area contributed by atoms with Gasteiger partial charge in [-0.3, -0.25) is 4.79 Å². The highest BCUT2D eigenvalue weighted by Gasteiger charge is 2.11. The quantitative estimate of drug-likeness (QED) is 0.773.